The average Bonchev–Trinajstić information content (AvgIpc) is 2.91. The van der Waals surface area contributed by atoms with Crippen molar-refractivity contribution < 1.29 is 13.2 Å². The molecule has 0 bridgehead atoms. The van der Waals surface area contributed by atoms with Crippen molar-refractivity contribution in [2.45, 2.75) is 29.8 Å². The molecule has 190 valence electrons. The molecule has 0 aliphatic rings. The molecule has 0 atom stereocenters. The van der Waals surface area contributed by atoms with Crippen LogP contribution in [0.3, 0.4) is 0 Å². The molecular weight excluding hydrogens is 500 g/mol. The van der Waals surface area contributed by atoms with E-state index in [9.17, 15) is 13.2 Å². The lowest BCUT2D eigenvalue weighted by molar-refractivity contribution is 0.0981. The number of sulfonamides is 1. The predicted molar refractivity (Wildman–Crippen MR) is 150 cm³/mol. The van der Waals surface area contributed by atoms with Crippen molar-refractivity contribution in [2.24, 2.45) is 0 Å². The Morgan fingerprint density at radius 2 is 1.30 bits per heavy atom. The molecule has 1 amide bonds. The van der Waals surface area contributed by atoms with E-state index in [-0.39, 0.29) is 4.90 Å². The van der Waals surface area contributed by atoms with Crippen LogP contribution in [0.2, 0.25) is 0 Å². The van der Waals surface area contributed by atoms with Crippen LogP contribution in [-0.2, 0) is 23.1 Å². The third-order valence-electron chi connectivity index (χ3n) is 5.85. The minimum Gasteiger partial charge on any atom is -0.294 e. The standard InChI is InChI=1S/C30H30N2O3S2/c1-24-12-14-25(15-13-24)22-32(20-21-36-28-10-6-3-7-11-28)23-26-16-18-29(19-17-26)37(34,35)31-30(33)27-8-4-2-5-9-27/h2-19H,20-23H2,1H3,(H,31,33). The normalized spacial score (nSPS) is 11.4. The summed E-state index contributed by atoms with van der Waals surface area (Å²) in [5, 5.41) is 0. The van der Waals surface area contributed by atoms with Crippen LogP contribution < -0.4 is 4.72 Å². The molecule has 4 aromatic rings. The number of benzene rings is 4. The highest BCUT2D eigenvalue weighted by Gasteiger charge is 2.19. The van der Waals surface area contributed by atoms with Gasteiger partial charge in [-0.25, -0.2) is 13.1 Å². The molecule has 5 nitrogen and oxygen atoms in total. The smallest absolute Gasteiger partial charge is 0.264 e. The first kappa shape index (κ1) is 26.7. The molecule has 0 aliphatic heterocycles. The van der Waals surface area contributed by atoms with Crippen LogP contribution >= 0.6 is 11.8 Å². The van der Waals surface area contributed by atoms with E-state index >= 15 is 0 Å². The van der Waals surface area contributed by atoms with Gasteiger partial charge in [-0.15, -0.1) is 11.8 Å². The number of aryl methyl sites for hydroxylation is 1. The maximum Gasteiger partial charge on any atom is 0.264 e. The Bertz CT molecular complexity index is 1390. The van der Waals surface area contributed by atoms with E-state index in [2.05, 4.69) is 52.9 Å². The lowest BCUT2D eigenvalue weighted by Crippen LogP contribution is -2.30. The van der Waals surface area contributed by atoms with E-state index in [1.54, 1.807) is 42.5 Å². The summed E-state index contributed by atoms with van der Waals surface area (Å²) >= 11 is 1.82. The molecule has 1 N–H and O–H groups in total. The second kappa shape index (κ2) is 12.7. The van der Waals surface area contributed by atoms with E-state index in [4.69, 9.17) is 0 Å². The minimum atomic E-state index is -3.97. The molecule has 7 heteroatoms. The van der Waals surface area contributed by atoms with Gasteiger partial charge in [0.05, 0.1) is 4.90 Å². The number of hydrogen-bond acceptors (Lipinski definition) is 5. The number of thioether (sulfide) groups is 1. The van der Waals surface area contributed by atoms with Gasteiger partial charge in [-0.05, 0) is 54.4 Å². The fourth-order valence-electron chi connectivity index (χ4n) is 3.84. The molecule has 4 aromatic carbocycles. The first-order valence-corrected chi connectivity index (χ1v) is 14.5. The summed E-state index contributed by atoms with van der Waals surface area (Å²) in [4.78, 5) is 16.0. The summed E-state index contributed by atoms with van der Waals surface area (Å²) in [6.07, 6.45) is 0. The minimum absolute atomic E-state index is 0.0604. The highest BCUT2D eigenvalue weighted by Crippen LogP contribution is 2.19. The molecule has 0 unspecified atom stereocenters. The molecule has 0 aromatic heterocycles. The van der Waals surface area contributed by atoms with Gasteiger partial charge in [-0.1, -0.05) is 78.4 Å². The molecule has 0 saturated carbocycles. The zero-order valence-electron chi connectivity index (χ0n) is 20.7. The van der Waals surface area contributed by atoms with Crippen LogP contribution in [0.5, 0.6) is 0 Å². The van der Waals surface area contributed by atoms with Crippen molar-refractivity contribution in [3.8, 4) is 0 Å². The van der Waals surface area contributed by atoms with Gasteiger partial charge in [-0.3, -0.25) is 9.69 Å². The number of carbonyl (C=O) groups is 1. The third kappa shape index (κ3) is 8.05. The zero-order valence-corrected chi connectivity index (χ0v) is 22.3. The Hall–Kier alpha value is -3.39. The Morgan fingerprint density at radius 3 is 1.89 bits per heavy atom. The lowest BCUT2D eigenvalue weighted by Gasteiger charge is -2.23. The van der Waals surface area contributed by atoms with Crippen LogP contribution in [0.25, 0.3) is 0 Å². The van der Waals surface area contributed by atoms with Crippen LogP contribution in [0.4, 0.5) is 0 Å². The van der Waals surface area contributed by atoms with Crippen LogP contribution in [0.15, 0.2) is 119 Å². The van der Waals surface area contributed by atoms with Crippen molar-refractivity contribution in [1.29, 1.82) is 0 Å². The van der Waals surface area contributed by atoms with E-state index in [1.807, 2.05) is 42.1 Å². The molecule has 0 saturated heterocycles. The van der Waals surface area contributed by atoms with Gasteiger partial charge in [0, 0.05) is 35.8 Å². The summed E-state index contributed by atoms with van der Waals surface area (Å²) in [6, 6.07) is 33.9. The number of amides is 1. The van der Waals surface area contributed by atoms with E-state index in [0.717, 1.165) is 24.4 Å². The average molecular weight is 531 g/mol. The molecule has 0 heterocycles. The Kier molecular flexibility index (Phi) is 9.17. The predicted octanol–water partition coefficient (Wildman–Crippen LogP) is 5.91. The van der Waals surface area contributed by atoms with Gasteiger partial charge in [-0.2, -0.15) is 0 Å². The fourth-order valence-corrected chi connectivity index (χ4v) is 5.75. The number of carbonyl (C=O) groups excluding carboxylic acids is 1. The first-order chi connectivity index (χ1) is 17.9. The highest BCUT2D eigenvalue weighted by atomic mass is 32.2. The SMILES string of the molecule is Cc1ccc(CN(CCSc2ccccc2)Cc2ccc(S(=O)(=O)NC(=O)c3ccccc3)cc2)cc1. The lowest BCUT2D eigenvalue weighted by atomic mass is 10.1. The van der Waals surface area contributed by atoms with Crippen molar-refractivity contribution in [3.05, 3.63) is 131 Å². The van der Waals surface area contributed by atoms with Crippen molar-refractivity contribution in [1.82, 2.24) is 9.62 Å². The molecule has 0 radical (unpaired) electrons. The quantitative estimate of drug-likeness (QED) is 0.244. The number of nitrogens with zero attached hydrogens (tertiary/aromatic N) is 1. The van der Waals surface area contributed by atoms with E-state index < -0.39 is 15.9 Å². The second-order valence-electron chi connectivity index (χ2n) is 8.80. The molecule has 0 spiro atoms. The third-order valence-corrected chi connectivity index (χ3v) is 8.19. The van der Waals surface area contributed by atoms with Crippen LogP contribution in [-0.4, -0.2) is 31.5 Å². The summed E-state index contributed by atoms with van der Waals surface area (Å²) in [7, 11) is -3.97. The number of hydrogen-bond donors (Lipinski definition) is 1. The maximum absolute atomic E-state index is 12.7. The molecular formula is C30H30N2O3S2. The summed E-state index contributed by atoms with van der Waals surface area (Å²) < 4.78 is 27.6. The maximum atomic E-state index is 12.7. The number of nitrogens with one attached hydrogen (secondary N) is 1. The summed E-state index contributed by atoms with van der Waals surface area (Å²) in [6.45, 7) is 4.43. The second-order valence-corrected chi connectivity index (χ2v) is 11.7. The van der Waals surface area contributed by atoms with Gasteiger partial charge >= 0.3 is 0 Å². The van der Waals surface area contributed by atoms with Gasteiger partial charge in [0.25, 0.3) is 15.9 Å². The van der Waals surface area contributed by atoms with Crippen LogP contribution in [0.1, 0.15) is 27.0 Å². The first-order valence-electron chi connectivity index (χ1n) is 12.1. The zero-order chi connectivity index (χ0) is 26.1. The number of rotatable bonds is 11. The Morgan fingerprint density at radius 1 is 0.757 bits per heavy atom. The van der Waals surface area contributed by atoms with Crippen molar-refractivity contribution >= 4 is 27.7 Å². The van der Waals surface area contributed by atoms with E-state index in [1.165, 1.54) is 16.0 Å². The van der Waals surface area contributed by atoms with Crippen molar-refractivity contribution in [3.63, 3.8) is 0 Å². The molecule has 0 fully saturated rings. The Balaban J connectivity index is 1.42. The Labute approximate surface area is 223 Å². The highest BCUT2D eigenvalue weighted by molar-refractivity contribution is 7.99. The van der Waals surface area contributed by atoms with Crippen LogP contribution in [0, 0.1) is 6.92 Å². The fraction of sp³-hybridized carbons (Fsp3) is 0.167. The monoisotopic (exact) mass is 530 g/mol. The molecule has 0 aliphatic carbocycles. The molecule has 37 heavy (non-hydrogen) atoms. The molecule has 4 rings (SSSR count). The topological polar surface area (TPSA) is 66.5 Å². The van der Waals surface area contributed by atoms with Gasteiger partial charge in [0.1, 0.15) is 0 Å². The largest absolute Gasteiger partial charge is 0.294 e. The summed E-state index contributed by atoms with van der Waals surface area (Å²) in [5.74, 6) is 0.290. The summed E-state index contributed by atoms with van der Waals surface area (Å²) in [5.41, 5.74) is 3.76. The van der Waals surface area contributed by atoms with E-state index in [0.29, 0.717) is 12.1 Å². The van der Waals surface area contributed by atoms with Gasteiger partial charge in [0.15, 0.2) is 0 Å². The van der Waals surface area contributed by atoms with Crippen molar-refractivity contribution in [2.75, 3.05) is 12.3 Å². The van der Waals surface area contributed by atoms with Gasteiger partial charge < -0.3 is 0 Å². The van der Waals surface area contributed by atoms with Gasteiger partial charge in [0.2, 0.25) is 0 Å².